The molecular formula is C63H69N5O. The van der Waals surface area contributed by atoms with E-state index in [1.54, 1.807) is 0 Å². The molecule has 0 unspecified atom stereocenters. The van der Waals surface area contributed by atoms with Crippen LogP contribution in [0.4, 0.5) is 0 Å². The van der Waals surface area contributed by atoms with Crippen LogP contribution < -0.4 is 9.42 Å². The number of fused-ring (bicyclic) bond motifs is 3. The Morgan fingerprint density at radius 3 is 1.72 bits per heavy atom. The molecule has 0 amide bonds. The Bertz CT molecular complexity index is 3340. The monoisotopic (exact) mass is 912 g/mol. The van der Waals surface area contributed by atoms with Crippen LogP contribution in [-0.4, -0.2) is 19.2 Å². The fourth-order valence-corrected chi connectivity index (χ4v) is 9.05. The average molecular weight is 912 g/mol. The normalized spacial score (nSPS) is 12.9. The number of aromatic nitrogens is 5. The minimum absolute atomic E-state index is 0.00276. The Morgan fingerprint density at radius 2 is 1.07 bits per heavy atom. The molecule has 0 aliphatic rings. The van der Waals surface area contributed by atoms with Gasteiger partial charge in [0, 0.05) is 28.6 Å². The summed E-state index contributed by atoms with van der Waals surface area (Å²) in [6.45, 7) is 34.0. The maximum absolute atomic E-state index is 6.90. The second-order valence-electron chi connectivity index (χ2n) is 24.1. The predicted molar refractivity (Wildman–Crippen MR) is 287 cm³/mol. The number of hydrogen-bond donors (Lipinski definition) is 0. The summed E-state index contributed by atoms with van der Waals surface area (Å²) in [4.78, 5) is 4.97. The Hall–Kier alpha value is -6.79. The summed E-state index contributed by atoms with van der Waals surface area (Å²) in [5.74, 6) is 3.10. The van der Waals surface area contributed by atoms with Crippen molar-refractivity contribution in [2.24, 2.45) is 0 Å². The maximum atomic E-state index is 6.90. The van der Waals surface area contributed by atoms with Gasteiger partial charge in [0.25, 0.3) is 6.33 Å². The van der Waals surface area contributed by atoms with Crippen LogP contribution in [0, 0.1) is 6.33 Å². The molecule has 352 valence electrons. The molecule has 0 spiro atoms. The van der Waals surface area contributed by atoms with Crippen LogP contribution in [0.2, 0.25) is 0 Å². The van der Waals surface area contributed by atoms with Gasteiger partial charge in [0.1, 0.15) is 17.3 Å². The lowest BCUT2D eigenvalue weighted by molar-refractivity contribution is -0.660. The largest absolute Gasteiger partial charge is 0.458 e. The van der Waals surface area contributed by atoms with Gasteiger partial charge in [-0.1, -0.05) is 189 Å². The van der Waals surface area contributed by atoms with Crippen LogP contribution in [0.1, 0.15) is 132 Å². The zero-order chi connectivity index (χ0) is 49.4. The number of hydrogen-bond acceptors (Lipinski definition) is 3. The number of ether oxygens (including phenoxy) is 1. The molecule has 0 aliphatic heterocycles. The fourth-order valence-electron chi connectivity index (χ4n) is 9.05. The van der Waals surface area contributed by atoms with Crippen LogP contribution in [0.15, 0.2) is 146 Å². The van der Waals surface area contributed by atoms with E-state index in [1.807, 2.05) is 16.9 Å². The topological polar surface area (TPSA) is 48.8 Å². The van der Waals surface area contributed by atoms with E-state index in [4.69, 9.17) is 14.8 Å². The molecule has 0 radical (unpaired) electrons. The van der Waals surface area contributed by atoms with Gasteiger partial charge in [-0.3, -0.25) is 9.13 Å². The lowest BCUT2D eigenvalue weighted by Gasteiger charge is -2.26. The van der Waals surface area contributed by atoms with Crippen LogP contribution in [0.5, 0.6) is 11.5 Å². The number of rotatable bonds is 7. The molecule has 0 fully saturated rings. The van der Waals surface area contributed by atoms with Crippen molar-refractivity contribution in [3.05, 3.63) is 180 Å². The second kappa shape index (κ2) is 17.0. The summed E-state index contributed by atoms with van der Waals surface area (Å²) in [5, 5.41) is 7.85. The first-order valence-corrected chi connectivity index (χ1v) is 24.5. The molecular weight excluding hydrogens is 843 g/mol. The third-order valence-corrected chi connectivity index (χ3v) is 13.5. The summed E-state index contributed by atoms with van der Waals surface area (Å²) in [7, 11) is 0. The van der Waals surface area contributed by atoms with E-state index in [1.165, 1.54) is 33.2 Å². The van der Waals surface area contributed by atoms with E-state index < -0.39 is 0 Å². The van der Waals surface area contributed by atoms with E-state index in [0.29, 0.717) is 5.75 Å². The zero-order valence-corrected chi connectivity index (χ0v) is 43.5. The fraction of sp³-hybridized carbons (Fsp3) is 0.317. The Balaban J connectivity index is 1.22. The highest BCUT2D eigenvalue weighted by Crippen LogP contribution is 2.40. The smallest absolute Gasteiger partial charge is 0.273 e. The summed E-state index contributed by atoms with van der Waals surface area (Å²) < 4.78 is 13.2. The van der Waals surface area contributed by atoms with Crippen molar-refractivity contribution >= 4 is 21.8 Å². The molecule has 3 aromatic heterocycles. The van der Waals surface area contributed by atoms with Crippen molar-refractivity contribution < 1.29 is 9.42 Å². The van der Waals surface area contributed by atoms with Crippen LogP contribution in [0.3, 0.4) is 0 Å². The number of nitrogens with zero attached hydrogens (tertiary/aromatic N) is 5. The van der Waals surface area contributed by atoms with Gasteiger partial charge in [-0.2, -0.15) is 4.68 Å². The van der Waals surface area contributed by atoms with E-state index in [9.17, 15) is 0 Å². The highest BCUT2D eigenvalue weighted by atomic mass is 16.5. The first-order chi connectivity index (χ1) is 32.3. The first kappa shape index (κ1) is 47.3. The zero-order valence-electron chi connectivity index (χ0n) is 43.5. The molecule has 9 rings (SSSR count). The van der Waals surface area contributed by atoms with Gasteiger partial charge in [0.05, 0.1) is 22.4 Å². The number of benzene rings is 6. The average Bonchev–Trinajstić information content (AvgIpc) is 3.87. The molecule has 6 nitrogen and oxygen atoms in total. The maximum Gasteiger partial charge on any atom is 0.273 e. The highest BCUT2D eigenvalue weighted by Gasteiger charge is 2.26. The second-order valence-corrected chi connectivity index (χ2v) is 24.1. The van der Waals surface area contributed by atoms with Gasteiger partial charge in [0.2, 0.25) is 0 Å². The van der Waals surface area contributed by atoms with Crippen LogP contribution in [-0.2, 0) is 27.1 Å². The molecule has 9 aromatic rings. The van der Waals surface area contributed by atoms with E-state index in [-0.39, 0.29) is 27.1 Å². The third kappa shape index (κ3) is 9.51. The minimum atomic E-state index is -0.0926. The Labute approximate surface area is 410 Å². The van der Waals surface area contributed by atoms with E-state index in [2.05, 4.69) is 253 Å². The summed E-state index contributed by atoms with van der Waals surface area (Å²) in [6.07, 6.45) is 5.68. The van der Waals surface area contributed by atoms with E-state index >= 15 is 0 Å². The van der Waals surface area contributed by atoms with Crippen LogP contribution >= 0.6 is 0 Å². The molecule has 0 saturated heterocycles. The number of pyridine rings is 1. The minimum Gasteiger partial charge on any atom is -0.458 e. The summed E-state index contributed by atoms with van der Waals surface area (Å²) >= 11 is 0. The van der Waals surface area contributed by atoms with Gasteiger partial charge in [0.15, 0.2) is 5.82 Å². The SMILES string of the molecule is CC(C)(C)c1cc(-[n+]2[c-]n(-c3cccc(Oc4ccc5c6cc(C(C)(C)C)ccc6n(-c6cc(C(C)(C)C)ccn6)c5c4)c3)c(-c3cc(C(C)(C)C)ccc3-c3ccccc3)n2)cc(C(C)(C)C)c1. The van der Waals surface area contributed by atoms with Crippen LogP contribution in [0.25, 0.3) is 61.5 Å². The molecule has 0 aliphatic carbocycles. The highest BCUT2D eigenvalue weighted by molar-refractivity contribution is 6.09. The van der Waals surface area contributed by atoms with Crippen molar-refractivity contribution in [2.45, 2.75) is 131 Å². The summed E-state index contributed by atoms with van der Waals surface area (Å²) in [6, 6.07) is 50.3. The molecule has 0 atom stereocenters. The van der Waals surface area contributed by atoms with Gasteiger partial charge in [-0.25, -0.2) is 4.98 Å². The predicted octanol–water partition coefficient (Wildman–Crippen LogP) is 16.1. The van der Waals surface area contributed by atoms with Crippen molar-refractivity contribution in [3.8, 4) is 51.2 Å². The molecule has 6 heteroatoms. The molecule has 69 heavy (non-hydrogen) atoms. The standard InChI is InChI=1S/C63H69N5O/c1-59(2,3)42-24-27-51(41-20-17-16-18-21-41)54(36-42)58-65-67(48-33-45(62(10,11)12)32-46(34-48)63(13,14)15)40-66(58)47-22-19-23-49(38-47)69-50-26-28-52-53-35-43(60(4,5)6)25-29-55(53)68(56(52)39-50)57-37-44(30-31-64-57)61(7,8)9/h16-39H,1-15H3. The van der Waals surface area contributed by atoms with Crippen molar-refractivity contribution in [2.75, 3.05) is 0 Å². The molecule has 0 bridgehead atoms. The van der Waals surface area contributed by atoms with Gasteiger partial charge >= 0.3 is 0 Å². The van der Waals surface area contributed by atoms with Gasteiger partial charge < -0.3 is 4.74 Å². The third-order valence-electron chi connectivity index (χ3n) is 13.5. The first-order valence-electron chi connectivity index (χ1n) is 24.5. The summed E-state index contributed by atoms with van der Waals surface area (Å²) in [5.41, 5.74) is 13.2. The molecule has 3 heterocycles. The van der Waals surface area contributed by atoms with Crippen molar-refractivity contribution in [1.29, 1.82) is 0 Å². The van der Waals surface area contributed by atoms with Gasteiger partial charge in [-0.05, 0) is 115 Å². The van der Waals surface area contributed by atoms with Gasteiger partial charge in [-0.15, -0.1) is 5.10 Å². The molecule has 0 saturated carbocycles. The lowest BCUT2D eigenvalue weighted by Crippen LogP contribution is -2.34. The Kier molecular flexibility index (Phi) is 11.7. The lowest BCUT2D eigenvalue weighted by atomic mass is 9.80. The van der Waals surface area contributed by atoms with Crippen molar-refractivity contribution in [1.82, 2.24) is 19.2 Å². The van der Waals surface area contributed by atoms with E-state index in [0.717, 1.165) is 61.9 Å². The Morgan fingerprint density at radius 1 is 0.464 bits per heavy atom. The quantitative estimate of drug-likeness (QED) is 0.118. The molecule has 0 N–H and O–H groups in total. The van der Waals surface area contributed by atoms with Crippen molar-refractivity contribution in [3.63, 3.8) is 0 Å². The molecule has 6 aromatic carbocycles.